The molecule has 0 saturated heterocycles. The maximum absolute atomic E-state index is 5.38. The molecule has 0 radical (unpaired) electrons. The molecule has 8 heteroatoms. The highest BCUT2D eigenvalue weighted by atomic mass is 16.5. The minimum Gasteiger partial charge on any atom is -0.464 e. The van der Waals surface area contributed by atoms with Gasteiger partial charge < -0.3 is 15.0 Å². The standard InChI is InChI=1S/C13H25N7O/c1-4-21-12-17-10(16-11(18-12)19-14)15-9-13(20(2)3)7-5-6-8-13/h4-9,14H2,1-3H3,(H2,15,16,17,18,19). The van der Waals surface area contributed by atoms with E-state index in [1.54, 1.807) is 0 Å². The molecule has 8 nitrogen and oxygen atoms in total. The van der Waals surface area contributed by atoms with Crippen LogP contribution in [-0.2, 0) is 0 Å². The van der Waals surface area contributed by atoms with E-state index in [0.29, 0.717) is 18.5 Å². The van der Waals surface area contributed by atoms with Gasteiger partial charge in [-0.15, -0.1) is 0 Å². The van der Waals surface area contributed by atoms with Crippen molar-refractivity contribution in [2.24, 2.45) is 5.84 Å². The van der Waals surface area contributed by atoms with Gasteiger partial charge in [-0.2, -0.15) is 15.0 Å². The molecule has 0 bridgehead atoms. The van der Waals surface area contributed by atoms with Crippen LogP contribution in [0.3, 0.4) is 0 Å². The van der Waals surface area contributed by atoms with Gasteiger partial charge in [-0.25, -0.2) is 5.84 Å². The molecule has 4 N–H and O–H groups in total. The molecule has 0 atom stereocenters. The highest BCUT2D eigenvalue weighted by Crippen LogP contribution is 2.33. The second-order valence-electron chi connectivity index (χ2n) is 5.52. The third kappa shape index (κ3) is 3.70. The highest BCUT2D eigenvalue weighted by molar-refractivity contribution is 5.35. The summed E-state index contributed by atoms with van der Waals surface area (Å²) in [5.74, 6) is 6.16. The number of aromatic nitrogens is 3. The van der Waals surface area contributed by atoms with Gasteiger partial charge in [0.2, 0.25) is 11.9 Å². The SMILES string of the molecule is CCOc1nc(NN)nc(NCC2(N(C)C)CCCC2)n1. The molecule has 1 aliphatic carbocycles. The first-order chi connectivity index (χ1) is 10.1. The molecule has 118 valence electrons. The van der Waals surface area contributed by atoms with Crippen molar-refractivity contribution in [3.8, 4) is 6.01 Å². The van der Waals surface area contributed by atoms with Crippen molar-refractivity contribution in [2.75, 3.05) is 38.0 Å². The number of anilines is 2. The van der Waals surface area contributed by atoms with Gasteiger partial charge in [-0.1, -0.05) is 12.8 Å². The Morgan fingerprint density at radius 2 is 1.86 bits per heavy atom. The van der Waals surface area contributed by atoms with Crippen molar-refractivity contribution in [2.45, 2.75) is 38.1 Å². The summed E-state index contributed by atoms with van der Waals surface area (Å²) in [7, 11) is 4.25. The number of nitrogen functional groups attached to an aromatic ring is 1. The zero-order chi connectivity index (χ0) is 15.3. The molecule has 0 spiro atoms. The van der Waals surface area contributed by atoms with Gasteiger partial charge in [0.05, 0.1) is 6.61 Å². The number of hydrazine groups is 1. The van der Waals surface area contributed by atoms with Crippen LogP contribution in [0.15, 0.2) is 0 Å². The second-order valence-corrected chi connectivity index (χ2v) is 5.52. The zero-order valence-corrected chi connectivity index (χ0v) is 13.0. The molecule has 1 aromatic heterocycles. The Kier molecular flexibility index (Phi) is 5.13. The van der Waals surface area contributed by atoms with Gasteiger partial charge in [0, 0.05) is 12.1 Å². The molecule has 0 aromatic carbocycles. The summed E-state index contributed by atoms with van der Waals surface area (Å²) in [5, 5.41) is 3.30. The summed E-state index contributed by atoms with van der Waals surface area (Å²) in [4.78, 5) is 14.8. The van der Waals surface area contributed by atoms with Crippen LogP contribution in [0.1, 0.15) is 32.6 Å². The van der Waals surface area contributed by atoms with E-state index in [-0.39, 0.29) is 11.5 Å². The molecule has 0 amide bonds. The van der Waals surface area contributed by atoms with E-state index in [4.69, 9.17) is 10.6 Å². The van der Waals surface area contributed by atoms with Gasteiger partial charge in [0.1, 0.15) is 0 Å². The van der Waals surface area contributed by atoms with Gasteiger partial charge >= 0.3 is 6.01 Å². The molecule has 0 unspecified atom stereocenters. The van der Waals surface area contributed by atoms with Crippen LogP contribution < -0.4 is 21.3 Å². The number of nitrogens with one attached hydrogen (secondary N) is 2. The summed E-state index contributed by atoms with van der Waals surface area (Å²) in [6, 6.07) is 0.272. The Labute approximate surface area is 125 Å². The molecule has 21 heavy (non-hydrogen) atoms. The maximum atomic E-state index is 5.38. The first kappa shape index (κ1) is 15.7. The minimum atomic E-state index is 0.161. The first-order valence-corrected chi connectivity index (χ1v) is 7.36. The van der Waals surface area contributed by atoms with Gasteiger partial charge in [-0.05, 0) is 33.9 Å². The van der Waals surface area contributed by atoms with Gasteiger partial charge in [0.15, 0.2) is 0 Å². The zero-order valence-electron chi connectivity index (χ0n) is 13.0. The van der Waals surface area contributed by atoms with Crippen LogP contribution >= 0.6 is 0 Å². The molecule has 1 fully saturated rings. The van der Waals surface area contributed by atoms with E-state index in [2.05, 4.69) is 44.7 Å². The van der Waals surface area contributed by atoms with Crippen molar-refractivity contribution in [1.82, 2.24) is 19.9 Å². The smallest absolute Gasteiger partial charge is 0.323 e. The summed E-state index contributed by atoms with van der Waals surface area (Å²) < 4.78 is 5.33. The average Bonchev–Trinajstić information content (AvgIpc) is 2.95. The number of hydrogen-bond acceptors (Lipinski definition) is 8. The average molecular weight is 295 g/mol. The molecule has 1 saturated carbocycles. The van der Waals surface area contributed by atoms with Crippen molar-refractivity contribution >= 4 is 11.9 Å². The van der Waals surface area contributed by atoms with Crippen LogP contribution in [0.25, 0.3) is 0 Å². The Hall–Kier alpha value is -1.67. The lowest BCUT2D eigenvalue weighted by molar-refractivity contribution is 0.172. The predicted octanol–water partition coefficient (Wildman–Crippen LogP) is 0.842. The Balaban J connectivity index is 2.09. The number of nitrogens with zero attached hydrogens (tertiary/aromatic N) is 4. The van der Waals surface area contributed by atoms with E-state index < -0.39 is 0 Å². The summed E-state index contributed by atoms with van der Waals surface area (Å²) in [6.07, 6.45) is 4.88. The lowest BCUT2D eigenvalue weighted by atomic mass is 9.96. The van der Waals surface area contributed by atoms with Gasteiger partial charge in [0.25, 0.3) is 0 Å². The molecule has 1 aromatic rings. The number of hydrogen-bond donors (Lipinski definition) is 3. The molecule has 0 aliphatic heterocycles. The molecule has 1 aliphatic rings. The molecular formula is C13H25N7O. The topological polar surface area (TPSA) is 101 Å². The summed E-state index contributed by atoms with van der Waals surface area (Å²) >= 11 is 0. The minimum absolute atomic E-state index is 0.161. The number of rotatable bonds is 7. The monoisotopic (exact) mass is 295 g/mol. The lowest BCUT2D eigenvalue weighted by Gasteiger charge is -2.36. The predicted molar refractivity (Wildman–Crippen MR) is 82.2 cm³/mol. The Morgan fingerprint density at radius 3 is 2.43 bits per heavy atom. The number of nitrogens with two attached hydrogens (primary N) is 1. The first-order valence-electron chi connectivity index (χ1n) is 7.36. The Morgan fingerprint density at radius 1 is 1.19 bits per heavy atom. The highest BCUT2D eigenvalue weighted by Gasteiger charge is 2.35. The van der Waals surface area contributed by atoms with Crippen LogP contribution in [0.2, 0.25) is 0 Å². The second kappa shape index (κ2) is 6.86. The van der Waals surface area contributed by atoms with Crippen LogP contribution in [0, 0.1) is 0 Å². The van der Waals surface area contributed by atoms with Crippen molar-refractivity contribution in [3.05, 3.63) is 0 Å². The fourth-order valence-electron chi connectivity index (χ4n) is 2.75. The van der Waals surface area contributed by atoms with E-state index in [0.717, 1.165) is 6.54 Å². The van der Waals surface area contributed by atoms with E-state index in [9.17, 15) is 0 Å². The van der Waals surface area contributed by atoms with E-state index in [1.165, 1.54) is 25.7 Å². The molecule has 2 rings (SSSR count). The van der Waals surface area contributed by atoms with E-state index in [1.807, 2.05) is 6.92 Å². The Bertz CT molecular complexity index is 460. The fraction of sp³-hybridized carbons (Fsp3) is 0.769. The maximum Gasteiger partial charge on any atom is 0.323 e. The normalized spacial score (nSPS) is 17.0. The summed E-state index contributed by atoms with van der Waals surface area (Å²) in [6.45, 7) is 3.17. The fourth-order valence-corrected chi connectivity index (χ4v) is 2.75. The number of ether oxygens (including phenoxy) is 1. The van der Waals surface area contributed by atoms with Crippen molar-refractivity contribution < 1.29 is 4.74 Å². The van der Waals surface area contributed by atoms with Gasteiger partial charge in [-0.3, -0.25) is 5.43 Å². The molecule has 1 heterocycles. The van der Waals surface area contributed by atoms with Crippen LogP contribution in [-0.4, -0.2) is 52.6 Å². The third-order valence-electron chi connectivity index (χ3n) is 4.08. The van der Waals surface area contributed by atoms with Crippen molar-refractivity contribution in [1.29, 1.82) is 0 Å². The quantitative estimate of drug-likeness (QED) is 0.502. The van der Waals surface area contributed by atoms with E-state index >= 15 is 0 Å². The van der Waals surface area contributed by atoms with Crippen LogP contribution in [0.4, 0.5) is 11.9 Å². The van der Waals surface area contributed by atoms with Crippen LogP contribution in [0.5, 0.6) is 6.01 Å². The van der Waals surface area contributed by atoms with Crippen molar-refractivity contribution in [3.63, 3.8) is 0 Å². The third-order valence-corrected chi connectivity index (χ3v) is 4.08. The lowest BCUT2D eigenvalue weighted by Crippen LogP contribution is -2.47. The number of likely N-dealkylation sites (N-methyl/N-ethyl adjacent to an activating group) is 1. The summed E-state index contributed by atoms with van der Waals surface area (Å²) in [5.41, 5.74) is 2.60. The molecular weight excluding hydrogens is 270 g/mol. The largest absolute Gasteiger partial charge is 0.464 e.